The van der Waals surface area contributed by atoms with Crippen molar-refractivity contribution < 1.29 is 27.8 Å². The lowest BCUT2D eigenvalue weighted by atomic mass is 9.86. The average molecular weight is 424 g/mol. The molecular weight excluding hydrogens is 394 g/mol. The van der Waals surface area contributed by atoms with Gasteiger partial charge in [0.05, 0.1) is 23.3 Å². The number of nitrogens with zero attached hydrogens (tertiary/aromatic N) is 2. The van der Waals surface area contributed by atoms with E-state index in [0.29, 0.717) is 25.9 Å². The van der Waals surface area contributed by atoms with Gasteiger partial charge in [-0.25, -0.2) is 13.6 Å². The number of likely N-dealkylation sites (tertiary alicyclic amines) is 1. The third kappa shape index (κ3) is 4.91. The van der Waals surface area contributed by atoms with Gasteiger partial charge in [0.2, 0.25) is 0 Å². The predicted octanol–water partition coefficient (Wildman–Crippen LogP) is 3.99. The summed E-state index contributed by atoms with van der Waals surface area (Å²) in [7, 11) is 0. The van der Waals surface area contributed by atoms with E-state index in [-0.39, 0.29) is 24.7 Å². The van der Waals surface area contributed by atoms with Gasteiger partial charge in [-0.15, -0.1) is 0 Å². The van der Waals surface area contributed by atoms with Crippen molar-refractivity contribution >= 4 is 12.0 Å². The molecule has 0 aromatic heterocycles. The minimum Gasteiger partial charge on any atom is -0.444 e. The Kier molecular flexibility index (Phi) is 5.84. The van der Waals surface area contributed by atoms with Crippen LogP contribution < -0.4 is 0 Å². The summed E-state index contributed by atoms with van der Waals surface area (Å²) in [6, 6.07) is 3.61. The highest BCUT2D eigenvalue weighted by atomic mass is 19.2. The number of morpholine rings is 1. The normalized spacial score (nSPS) is 20.9. The molecule has 166 valence electrons. The van der Waals surface area contributed by atoms with Crippen LogP contribution in [-0.4, -0.2) is 64.8 Å². The van der Waals surface area contributed by atoms with Crippen molar-refractivity contribution in [1.29, 1.82) is 0 Å². The van der Waals surface area contributed by atoms with Gasteiger partial charge in [-0.05, 0) is 59.6 Å². The van der Waals surface area contributed by atoms with E-state index in [1.165, 1.54) is 17.0 Å². The fourth-order valence-electron chi connectivity index (χ4n) is 4.18. The molecule has 3 rings (SSSR count). The molecule has 6 nitrogen and oxygen atoms in total. The third-order valence-electron chi connectivity index (χ3n) is 5.34. The van der Waals surface area contributed by atoms with E-state index in [2.05, 4.69) is 0 Å². The van der Waals surface area contributed by atoms with Crippen LogP contribution in [0.4, 0.5) is 13.6 Å². The molecule has 0 unspecified atom stereocenters. The molecule has 2 amide bonds. The number of piperidine rings is 1. The Labute approximate surface area is 176 Å². The first-order valence-corrected chi connectivity index (χ1v) is 10.2. The van der Waals surface area contributed by atoms with Crippen molar-refractivity contribution in [2.45, 2.75) is 64.3 Å². The lowest BCUT2D eigenvalue weighted by molar-refractivity contribution is -0.203. The van der Waals surface area contributed by atoms with Crippen LogP contribution in [0.5, 0.6) is 0 Å². The van der Waals surface area contributed by atoms with Crippen molar-refractivity contribution in [3.8, 4) is 0 Å². The number of ether oxygens (including phenoxy) is 2. The Balaban J connectivity index is 1.75. The molecule has 0 saturated carbocycles. The first-order chi connectivity index (χ1) is 13.8. The number of carbonyl (C=O) groups is 2. The Morgan fingerprint density at radius 2 is 1.70 bits per heavy atom. The Bertz CT molecular complexity index is 827. The van der Waals surface area contributed by atoms with Crippen LogP contribution in [0.3, 0.4) is 0 Å². The van der Waals surface area contributed by atoms with Gasteiger partial charge in [0.1, 0.15) is 5.60 Å². The summed E-state index contributed by atoms with van der Waals surface area (Å²) in [6.45, 7) is 10.6. The molecule has 2 saturated heterocycles. The largest absolute Gasteiger partial charge is 0.444 e. The van der Waals surface area contributed by atoms with Gasteiger partial charge in [-0.1, -0.05) is 6.07 Å². The van der Waals surface area contributed by atoms with Gasteiger partial charge >= 0.3 is 6.09 Å². The molecule has 2 aliphatic rings. The Morgan fingerprint density at radius 3 is 2.30 bits per heavy atom. The van der Waals surface area contributed by atoms with E-state index < -0.39 is 34.3 Å². The quantitative estimate of drug-likeness (QED) is 0.684. The van der Waals surface area contributed by atoms with E-state index in [1.54, 1.807) is 4.90 Å². The van der Waals surface area contributed by atoms with Crippen LogP contribution in [-0.2, 0) is 9.47 Å². The highest BCUT2D eigenvalue weighted by Crippen LogP contribution is 2.37. The number of carbonyl (C=O) groups excluding carboxylic acids is 2. The van der Waals surface area contributed by atoms with Crippen molar-refractivity contribution in [1.82, 2.24) is 9.80 Å². The maximum absolute atomic E-state index is 14.2. The third-order valence-corrected chi connectivity index (χ3v) is 5.34. The molecule has 2 heterocycles. The summed E-state index contributed by atoms with van der Waals surface area (Å²) in [5, 5.41) is 0. The van der Waals surface area contributed by atoms with E-state index in [1.807, 2.05) is 34.6 Å². The maximum atomic E-state index is 14.2. The second-order valence-corrected chi connectivity index (χ2v) is 9.77. The second-order valence-electron chi connectivity index (χ2n) is 9.77. The molecule has 1 spiro atoms. The van der Waals surface area contributed by atoms with Crippen molar-refractivity contribution in [3.63, 3.8) is 0 Å². The van der Waals surface area contributed by atoms with Crippen LogP contribution in [0.25, 0.3) is 0 Å². The minimum absolute atomic E-state index is 0.257. The number of hydrogen-bond acceptors (Lipinski definition) is 4. The van der Waals surface area contributed by atoms with Gasteiger partial charge in [-0.3, -0.25) is 4.79 Å². The van der Waals surface area contributed by atoms with Gasteiger partial charge < -0.3 is 19.3 Å². The molecule has 0 radical (unpaired) electrons. The molecule has 30 heavy (non-hydrogen) atoms. The highest BCUT2D eigenvalue weighted by Gasteiger charge is 2.48. The van der Waals surface area contributed by atoms with Crippen molar-refractivity contribution in [2.75, 3.05) is 26.2 Å². The SMILES string of the molecule is CC(C)(C)OC(=O)N1CCC2(CC1)CN(C(=O)c1cccc(F)c1F)CC(C)(C)O2. The smallest absolute Gasteiger partial charge is 0.410 e. The number of rotatable bonds is 1. The lowest BCUT2D eigenvalue weighted by Crippen LogP contribution is -2.64. The first-order valence-electron chi connectivity index (χ1n) is 10.2. The maximum Gasteiger partial charge on any atom is 0.410 e. The molecule has 1 aromatic rings. The van der Waals surface area contributed by atoms with E-state index in [4.69, 9.17) is 9.47 Å². The summed E-state index contributed by atoms with van der Waals surface area (Å²) in [6.07, 6.45) is 0.665. The van der Waals surface area contributed by atoms with Gasteiger partial charge in [0.15, 0.2) is 11.6 Å². The zero-order valence-electron chi connectivity index (χ0n) is 18.3. The summed E-state index contributed by atoms with van der Waals surface area (Å²) >= 11 is 0. The standard InChI is InChI=1S/C22H30F2N2O4/c1-20(2,3)29-19(28)25-11-9-22(10-12-25)14-26(13-21(4,5)30-22)18(27)15-7-6-8-16(23)17(15)24/h6-8H,9-14H2,1-5H3. The zero-order chi connectivity index (χ0) is 22.3. The van der Waals surface area contributed by atoms with Crippen LogP contribution in [0.1, 0.15) is 57.8 Å². The van der Waals surface area contributed by atoms with E-state index in [9.17, 15) is 18.4 Å². The number of halogens is 2. The molecule has 0 atom stereocenters. The topological polar surface area (TPSA) is 59.1 Å². The minimum atomic E-state index is -1.14. The Hall–Kier alpha value is -2.22. The molecule has 8 heteroatoms. The van der Waals surface area contributed by atoms with E-state index >= 15 is 0 Å². The molecule has 0 bridgehead atoms. The molecule has 0 aliphatic carbocycles. The molecular formula is C22H30F2N2O4. The summed E-state index contributed by atoms with van der Waals surface area (Å²) in [5.74, 6) is -2.74. The fraction of sp³-hybridized carbons (Fsp3) is 0.636. The van der Waals surface area contributed by atoms with Gasteiger partial charge in [0, 0.05) is 19.6 Å². The van der Waals surface area contributed by atoms with Crippen molar-refractivity contribution in [2.24, 2.45) is 0 Å². The van der Waals surface area contributed by atoms with Crippen molar-refractivity contribution in [3.05, 3.63) is 35.4 Å². The van der Waals surface area contributed by atoms with Crippen LogP contribution in [0.15, 0.2) is 18.2 Å². The molecule has 0 N–H and O–H groups in total. The zero-order valence-corrected chi connectivity index (χ0v) is 18.3. The van der Waals surface area contributed by atoms with Crippen LogP contribution in [0, 0.1) is 11.6 Å². The number of benzene rings is 1. The lowest BCUT2D eigenvalue weighted by Gasteiger charge is -2.52. The summed E-state index contributed by atoms with van der Waals surface area (Å²) < 4.78 is 39.6. The van der Waals surface area contributed by atoms with E-state index in [0.717, 1.165) is 6.07 Å². The number of hydrogen-bond donors (Lipinski definition) is 0. The second kappa shape index (κ2) is 7.80. The average Bonchev–Trinajstić information content (AvgIpc) is 2.61. The molecule has 1 aromatic carbocycles. The first kappa shape index (κ1) is 22.5. The fourth-order valence-corrected chi connectivity index (χ4v) is 4.18. The van der Waals surface area contributed by atoms with Gasteiger partial charge in [-0.2, -0.15) is 0 Å². The monoisotopic (exact) mass is 424 g/mol. The molecule has 2 fully saturated rings. The predicted molar refractivity (Wildman–Crippen MR) is 107 cm³/mol. The van der Waals surface area contributed by atoms with Crippen LogP contribution >= 0.6 is 0 Å². The highest BCUT2D eigenvalue weighted by molar-refractivity contribution is 5.94. The summed E-state index contributed by atoms with van der Waals surface area (Å²) in [5.41, 5.74) is -2.17. The Morgan fingerprint density at radius 1 is 1.07 bits per heavy atom. The van der Waals surface area contributed by atoms with Gasteiger partial charge in [0.25, 0.3) is 5.91 Å². The molecule has 2 aliphatic heterocycles. The number of amides is 2. The summed E-state index contributed by atoms with van der Waals surface area (Å²) in [4.78, 5) is 28.5. The van der Waals surface area contributed by atoms with Crippen LogP contribution in [0.2, 0.25) is 0 Å².